The summed E-state index contributed by atoms with van der Waals surface area (Å²) in [4.78, 5) is 0. The van der Waals surface area contributed by atoms with Crippen molar-refractivity contribution in [1.29, 1.82) is 0 Å². The maximum atomic E-state index is 15.7. The summed E-state index contributed by atoms with van der Waals surface area (Å²) in [6.07, 6.45) is -3.32. The summed E-state index contributed by atoms with van der Waals surface area (Å²) in [5.41, 5.74) is -5.00. The first-order valence-electron chi connectivity index (χ1n) is 12.5. The number of fused-ring (bicyclic) bond motifs is 1. The van der Waals surface area contributed by atoms with Crippen LogP contribution in [0.2, 0.25) is 0 Å². The van der Waals surface area contributed by atoms with Crippen LogP contribution in [-0.2, 0) is 0 Å². The monoisotopic (exact) mass is 585 g/mol. The average molecular weight is 585 g/mol. The molecule has 3 aromatic carbocycles. The Morgan fingerprint density at radius 1 is 0.659 bits per heavy atom. The lowest BCUT2D eigenvalue weighted by atomic mass is 9.23. The lowest BCUT2D eigenvalue weighted by molar-refractivity contribution is 0.382. The Morgan fingerprint density at radius 3 is 1.44 bits per heavy atom. The van der Waals surface area contributed by atoms with E-state index in [0.29, 0.717) is 5.56 Å². The quantitative estimate of drug-likeness (QED) is 0.127. The zero-order valence-corrected chi connectivity index (χ0v) is 22.3. The molecule has 0 radical (unpaired) electrons. The number of nitrogens with zero attached hydrogens (tertiary/aromatic N) is 1. The van der Waals surface area contributed by atoms with E-state index in [1.807, 2.05) is 0 Å². The molecule has 0 amide bonds. The molecule has 0 saturated heterocycles. The first-order chi connectivity index (χ1) is 19.0. The largest absolute Gasteiger partial charge is 0.490 e. The zero-order chi connectivity index (χ0) is 30.8. The van der Waals surface area contributed by atoms with E-state index in [1.54, 1.807) is 26.0 Å². The van der Waals surface area contributed by atoms with Gasteiger partial charge in [0.25, 0.3) is 0 Å². The van der Waals surface area contributed by atoms with Gasteiger partial charge in [0.05, 0.1) is 5.41 Å². The Bertz CT molecular complexity index is 1550. The molecule has 216 valence electrons. The van der Waals surface area contributed by atoms with E-state index in [2.05, 4.69) is 10.8 Å². The van der Waals surface area contributed by atoms with Gasteiger partial charge in [0, 0.05) is 5.92 Å². The molecule has 0 aliphatic heterocycles. The van der Waals surface area contributed by atoms with Crippen LogP contribution in [0.4, 0.5) is 43.9 Å². The van der Waals surface area contributed by atoms with Gasteiger partial charge in [-0.05, 0) is 48.7 Å². The van der Waals surface area contributed by atoms with Crippen LogP contribution in [0.25, 0.3) is 10.2 Å². The predicted molar refractivity (Wildman–Crippen MR) is 136 cm³/mol. The van der Waals surface area contributed by atoms with Gasteiger partial charge in [-0.15, -0.1) is 11.5 Å². The van der Waals surface area contributed by atoms with Crippen molar-refractivity contribution in [3.8, 4) is 6.07 Å². The van der Waals surface area contributed by atoms with E-state index in [1.165, 1.54) is 39.0 Å². The third-order valence-electron chi connectivity index (χ3n) is 7.08. The maximum absolute atomic E-state index is 15.7. The highest BCUT2D eigenvalue weighted by Gasteiger charge is 2.58. The molecule has 0 saturated carbocycles. The van der Waals surface area contributed by atoms with Crippen molar-refractivity contribution in [3.63, 3.8) is 0 Å². The minimum absolute atomic E-state index is 0.0125. The summed E-state index contributed by atoms with van der Waals surface area (Å²) >= 11 is 0. The highest BCUT2D eigenvalue weighted by molar-refractivity contribution is 7.17. The average Bonchev–Trinajstić information content (AvgIpc) is 3.31. The molecule has 0 N–H and O–H groups in total. The second-order valence-electron chi connectivity index (χ2n) is 11.3. The van der Waals surface area contributed by atoms with Crippen molar-refractivity contribution >= 4 is 22.7 Å². The second-order valence-corrected chi connectivity index (χ2v) is 11.3. The Kier molecular flexibility index (Phi) is 7.57. The highest BCUT2D eigenvalue weighted by Crippen LogP contribution is 2.45. The summed E-state index contributed by atoms with van der Waals surface area (Å²) in [6.45, 7) is 7.74. The molecule has 0 heterocycles. The van der Waals surface area contributed by atoms with Crippen molar-refractivity contribution in [2.24, 2.45) is 11.3 Å². The van der Waals surface area contributed by atoms with E-state index >= 15 is 17.6 Å². The molecule has 1 nitrogen and oxygen atoms in total. The molecule has 41 heavy (non-hydrogen) atoms. The van der Waals surface area contributed by atoms with E-state index < -0.39 is 92.2 Å². The van der Waals surface area contributed by atoms with E-state index in [9.17, 15) is 26.3 Å². The first kappa shape index (κ1) is 30.2. The van der Waals surface area contributed by atoms with Crippen LogP contribution in [0, 0.1) is 75.6 Å². The minimum Gasteiger partial charge on any atom is -0.333 e. The Labute approximate surface area is 229 Å². The summed E-state index contributed by atoms with van der Waals surface area (Å²) in [7, 11) is 0. The summed E-state index contributed by atoms with van der Waals surface area (Å²) < 4.78 is 154. The lowest BCUT2D eigenvalue weighted by Crippen LogP contribution is -2.63. The summed E-state index contributed by atoms with van der Waals surface area (Å²) in [5, 5.41) is 0. The smallest absolute Gasteiger partial charge is 0.333 e. The third-order valence-corrected chi connectivity index (χ3v) is 7.08. The lowest BCUT2D eigenvalue weighted by Gasteiger charge is -2.30. The topological polar surface area (TPSA) is 4.36 Å². The fourth-order valence-electron chi connectivity index (χ4n) is 5.26. The number of halogens is 10. The van der Waals surface area contributed by atoms with Crippen molar-refractivity contribution in [2.45, 2.75) is 40.5 Å². The number of hydrogen-bond donors (Lipinski definition) is 0. The molecule has 0 unspecified atom stereocenters. The van der Waals surface area contributed by atoms with Gasteiger partial charge in [-0.2, -0.15) is 0 Å². The highest BCUT2D eigenvalue weighted by atomic mass is 19.2. The molecule has 0 aromatic heterocycles. The van der Waals surface area contributed by atoms with Gasteiger partial charge in [-0.25, -0.2) is 43.9 Å². The van der Waals surface area contributed by atoms with Crippen LogP contribution in [-0.4, -0.2) is 6.28 Å². The van der Waals surface area contributed by atoms with Crippen LogP contribution in [0.15, 0.2) is 30.3 Å². The van der Waals surface area contributed by atoms with Crippen LogP contribution in [0.5, 0.6) is 0 Å². The van der Waals surface area contributed by atoms with Gasteiger partial charge in [0.15, 0.2) is 34.9 Å². The molecule has 0 spiro atoms. The Balaban J connectivity index is 2.41. The van der Waals surface area contributed by atoms with Crippen molar-refractivity contribution in [2.75, 3.05) is 0 Å². The van der Waals surface area contributed by atoms with Gasteiger partial charge in [-0.3, -0.25) is 0 Å². The molecule has 1 aliphatic carbocycles. The maximum Gasteiger partial charge on any atom is 0.490 e. The molecule has 0 fully saturated rings. The van der Waals surface area contributed by atoms with Gasteiger partial charge in [-0.1, -0.05) is 38.1 Å². The van der Waals surface area contributed by atoms with Crippen LogP contribution in [0.3, 0.4) is 0 Å². The second kappa shape index (κ2) is 10.3. The van der Waals surface area contributed by atoms with Crippen molar-refractivity contribution < 1.29 is 43.9 Å². The Hall–Kier alpha value is -3.75. The minimum atomic E-state index is -4.56. The fourth-order valence-corrected chi connectivity index (χ4v) is 5.26. The normalized spacial score (nSPS) is 15.1. The van der Waals surface area contributed by atoms with E-state index in [-0.39, 0.29) is 11.5 Å². The van der Waals surface area contributed by atoms with Gasteiger partial charge in [0.2, 0.25) is 6.07 Å². The first-order valence-corrected chi connectivity index (χ1v) is 12.5. The number of benzene rings is 3. The SMILES string of the molecule is CC(C)[C@H]1C=C([B-]([N+]#CC(C)(C)C)(c2c(F)c(F)c(F)c(F)c2F)c2c(F)c(F)c(F)c(F)c2F)c2ccccc21. The zero-order valence-electron chi connectivity index (χ0n) is 22.3. The van der Waals surface area contributed by atoms with Gasteiger partial charge >= 0.3 is 6.28 Å². The predicted octanol–water partition coefficient (Wildman–Crippen LogP) is 7.89. The molecule has 3 aromatic rings. The van der Waals surface area contributed by atoms with Crippen molar-refractivity contribution in [1.82, 2.24) is 0 Å². The Morgan fingerprint density at radius 2 is 1.05 bits per heavy atom. The number of allylic oxidation sites excluding steroid dienone is 1. The molecule has 12 heteroatoms. The van der Waals surface area contributed by atoms with E-state index in [4.69, 9.17) is 0 Å². The third kappa shape index (κ3) is 4.59. The molecule has 1 aliphatic rings. The fraction of sp³-hybridized carbons (Fsp3) is 0.276. The summed E-state index contributed by atoms with van der Waals surface area (Å²) in [6, 6.07) is 8.28. The van der Waals surface area contributed by atoms with Gasteiger partial charge < -0.3 is 4.76 Å². The van der Waals surface area contributed by atoms with E-state index in [0.717, 1.165) is 0 Å². The van der Waals surface area contributed by atoms with Crippen LogP contribution in [0.1, 0.15) is 51.7 Å². The molecule has 4 rings (SSSR count). The molecular weight excluding hydrogens is 563 g/mol. The molecular formula is C29H22BF10N. The molecule has 1 atom stereocenters. The number of rotatable bonds is 4. The van der Waals surface area contributed by atoms with Gasteiger partial charge in [0.1, 0.15) is 23.3 Å². The van der Waals surface area contributed by atoms with Crippen LogP contribution < -0.4 is 10.9 Å². The standard InChI is InChI=1S/C29H22BF10N/c1-12(2)15-10-16(14-9-7-6-8-13(14)15)30(41-11-29(3,4)5,17-19(31)23(35)27(39)24(36)20(17)32)18-21(33)25(37)28(40)26(38)22(18)34/h6-10,12,15H,1-5H3/t15-/m1/s1. The number of hydrogen-bond acceptors (Lipinski definition) is 0. The van der Waals surface area contributed by atoms with Crippen molar-refractivity contribution in [3.05, 3.63) is 104 Å². The summed E-state index contributed by atoms with van der Waals surface area (Å²) in [5.74, 6) is -26.3. The molecule has 0 bridgehead atoms. The van der Waals surface area contributed by atoms with Crippen LogP contribution >= 0.6 is 0 Å².